The van der Waals surface area contributed by atoms with Crippen LogP contribution in [0.1, 0.15) is 19.3 Å². The fraction of sp³-hybridized carbons (Fsp3) is 0.364. The van der Waals surface area contributed by atoms with Crippen LogP contribution < -0.4 is 16.0 Å². The highest BCUT2D eigenvalue weighted by atomic mass is 19.1. The Bertz CT molecular complexity index is 467. The maximum Gasteiger partial charge on any atom is 0.314 e. The van der Waals surface area contributed by atoms with Crippen LogP contribution in [0.3, 0.4) is 0 Å². The highest BCUT2D eigenvalue weighted by Gasteiger charge is 2.18. The third kappa shape index (κ3) is 4.51. The number of unbranched alkanes of at least 4 members (excludes halogenated alkanes) is 1. The first-order chi connectivity index (χ1) is 9.06. The van der Waals surface area contributed by atoms with Gasteiger partial charge in [-0.1, -0.05) is 6.07 Å². The molecule has 8 heteroatoms. The van der Waals surface area contributed by atoms with E-state index >= 15 is 0 Å². The number of para-hydroxylation sites is 1. The predicted octanol–water partition coefficient (Wildman–Crippen LogP) is 1.27. The van der Waals surface area contributed by atoms with Crippen molar-refractivity contribution in [3.05, 3.63) is 34.1 Å². The number of nitrogens with zero attached hydrogens (tertiary/aromatic N) is 1. The van der Waals surface area contributed by atoms with E-state index in [1.165, 1.54) is 12.1 Å². The van der Waals surface area contributed by atoms with E-state index < -0.39 is 16.4 Å². The summed E-state index contributed by atoms with van der Waals surface area (Å²) in [6.07, 6.45) is 1.17. The minimum Gasteiger partial charge on any atom is -0.485 e. The summed E-state index contributed by atoms with van der Waals surface area (Å²) in [5.74, 6) is 3.42. The highest BCUT2D eigenvalue weighted by Crippen LogP contribution is 2.29. The average Bonchev–Trinajstić information content (AvgIpc) is 2.39. The number of nitrogens with one attached hydrogen (secondary N) is 1. The van der Waals surface area contributed by atoms with Crippen LogP contribution in [0, 0.1) is 15.9 Å². The van der Waals surface area contributed by atoms with Gasteiger partial charge in [-0.05, 0) is 18.9 Å². The van der Waals surface area contributed by atoms with Gasteiger partial charge in [0, 0.05) is 12.5 Å². The number of nitro groups is 1. The van der Waals surface area contributed by atoms with Crippen LogP contribution in [0.2, 0.25) is 0 Å². The van der Waals surface area contributed by atoms with E-state index in [0.717, 1.165) is 6.07 Å². The van der Waals surface area contributed by atoms with Crippen LogP contribution in [0.15, 0.2) is 18.2 Å². The Morgan fingerprint density at radius 3 is 2.84 bits per heavy atom. The lowest BCUT2D eigenvalue weighted by Crippen LogP contribution is -2.29. The maximum absolute atomic E-state index is 13.4. The number of amides is 1. The van der Waals surface area contributed by atoms with E-state index in [2.05, 4.69) is 0 Å². The van der Waals surface area contributed by atoms with Gasteiger partial charge in [0.25, 0.3) is 0 Å². The molecule has 0 aliphatic carbocycles. The molecule has 0 saturated heterocycles. The summed E-state index contributed by atoms with van der Waals surface area (Å²) in [6.45, 7) is 0.0830. The van der Waals surface area contributed by atoms with Crippen LogP contribution in [0.25, 0.3) is 0 Å². The van der Waals surface area contributed by atoms with Gasteiger partial charge >= 0.3 is 5.69 Å². The number of carbonyl (C=O) groups excluding carboxylic acids is 1. The zero-order valence-corrected chi connectivity index (χ0v) is 10.1. The van der Waals surface area contributed by atoms with Crippen LogP contribution >= 0.6 is 0 Å². The van der Waals surface area contributed by atoms with Gasteiger partial charge in [0.1, 0.15) is 0 Å². The Hall–Kier alpha value is -2.22. The summed E-state index contributed by atoms with van der Waals surface area (Å²) in [5, 5.41) is 10.7. The van der Waals surface area contributed by atoms with Crippen molar-refractivity contribution in [1.29, 1.82) is 0 Å². The maximum atomic E-state index is 13.4. The van der Waals surface area contributed by atoms with E-state index in [1.54, 1.807) is 0 Å². The van der Waals surface area contributed by atoms with Crippen molar-refractivity contribution in [2.24, 2.45) is 5.84 Å². The molecule has 0 heterocycles. The molecule has 0 aromatic heterocycles. The van der Waals surface area contributed by atoms with Crippen molar-refractivity contribution < 1.29 is 18.8 Å². The predicted molar refractivity (Wildman–Crippen MR) is 64.7 cm³/mol. The fourth-order valence-corrected chi connectivity index (χ4v) is 1.42. The number of rotatable bonds is 7. The topological polar surface area (TPSA) is 107 Å². The van der Waals surface area contributed by atoms with Crippen LogP contribution in [0.5, 0.6) is 5.75 Å². The summed E-state index contributed by atoms with van der Waals surface area (Å²) < 4.78 is 18.5. The lowest BCUT2D eigenvalue weighted by atomic mass is 10.2. The average molecular weight is 271 g/mol. The molecule has 19 heavy (non-hydrogen) atoms. The van der Waals surface area contributed by atoms with Crippen molar-refractivity contribution in [2.75, 3.05) is 6.61 Å². The van der Waals surface area contributed by atoms with E-state index in [9.17, 15) is 19.3 Å². The molecule has 1 aromatic rings. The molecule has 0 spiro atoms. The Kier molecular flexibility index (Phi) is 5.68. The monoisotopic (exact) mass is 271 g/mol. The normalized spacial score (nSPS) is 10.0. The minimum absolute atomic E-state index is 0.0830. The van der Waals surface area contributed by atoms with Crippen molar-refractivity contribution >= 4 is 11.6 Å². The minimum atomic E-state index is -0.783. The molecule has 0 aliphatic rings. The molecule has 0 unspecified atom stereocenters. The molecule has 104 valence electrons. The first kappa shape index (κ1) is 14.8. The number of benzene rings is 1. The van der Waals surface area contributed by atoms with Crippen molar-refractivity contribution in [2.45, 2.75) is 19.3 Å². The standard InChI is InChI=1S/C11H14FN3O4/c12-8-4-3-5-9(15(17)18)11(8)19-7-2-1-6-10(16)14-13/h3-5H,1-2,6-7,13H2,(H,14,16). The van der Waals surface area contributed by atoms with Crippen LogP contribution in [-0.2, 0) is 4.79 Å². The molecule has 0 bridgehead atoms. The van der Waals surface area contributed by atoms with Crippen LogP contribution in [0.4, 0.5) is 10.1 Å². The molecule has 0 fully saturated rings. The zero-order chi connectivity index (χ0) is 14.3. The number of halogens is 1. The highest BCUT2D eigenvalue weighted by molar-refractivity contribution is 5.75. The van der Waals surface area contributed by atoms with Gasteiger partial charge in [-0.25, -0.2) is 10.2 Å². The van der Waals surface area contributed by atoms with E-state index in [4.69, 9.17) is 10.6 Å². The lowest BCUT2D eigenvalue weighted by molar-refractivity contribution is -0.386. The van der Waals surface area contributed by atoms with E-state index in [0.29, 0.717) is 12.8 Å². The van der Waals surface area contributed by atoms with Crippen molar-refractivity contribution in [3.8, 4) is 5.75 Å². The second-order valence-corrected chi connectivity index (χ2v) is 3.72. The zero-order valence-electron chi connectivity index (χ0n) is 10.1. The third-order valence-electron chi connectivity index (χ3n) is 2.35. The van der Waals surface area contributed by atoms with Gasteiger partial charge in [-0.15, -0.1) is 0 Å². The molecule has 0 aliphatic heterocycles. The number of nitrogens with two attached hydrogens (primary N) is 1. The number of hydrazine groups is 1. The SMILES string of the molecule is NNC(=O)CCCCOc1c(F)cccc1[N+](=O)[O-]. The van der Waals surface area contributed by atoms with Crippen molar-refractivity contribution in [1.82, 2.24) is 5.43 Å². The molecule has 1 amide bonds. The molecular weight excluding hydrogens is 257 g/mol. The summed E-state index contributed by atoms with van der Waals surface area (Å²) >= 11 is 0. The number of hydrogen-bond donors (Lipinski definition) is 2. The summed E-state index contributed by atoms with van der Waals surface area (Å²) in [6, 6.07) is 3.50. The number of hydrogen-bond acceptors (Lipinski definition) is 5. The van der Waals surface area contributed by atoms with E-state index in [-0.39, 0.29) is 24.7 Å². The number of carbonyl (C=O) groups is 1. The molecule has 1 rings (SSSR count). The van der Waals surface area contributed by atoms with Gasteiger partial charge in [-0.3, -0.25) is 20.3 Å². The van der Waals surface area contributed by atoms with Crippen LogP contribution in [-0.4, -0.2) is 17.4 Å². The molecule has 0 atom stereocenters. The smallest absolute Gasteiger partial charge is 0.314 e. The van der Waals surface area contributed by atoms with Gasteiger partial charge in [0.05, 0.1) is 11.5 Å². The molecule has 3 N–H and O–H groups in total. The molecular formula is C11H14FN3O4. The first-order valence-electron chi connectivity index (χ1n) is 5.61. The van der Waals surface area contributed by atoms with E-state index in [1.807, 2.05) is 5.43 Å². The Labute approximate surface area is 108 Å². The van der Waals surface area contributed by atoms with Gasteiger partial charge in [-0.2, -0.15) is 0 Å². The second kappa shape index (κ2) is 7.27. The third-order valence-corrected chi connectivity index (χ3v) is 2.35. The second-order valence-electron chi connectivity index (χ2n) is 3.72. The molecule has 0 radical (unpaired) electrons. The van der Waals surface area contributed by atoms with Crippen molar-refractivity contribution in [3.63, 3.8) is 0 Å². The lowest BCUT2D eigenvalue weighted by Gasteiger charge is -2.07. The Morgan fingerprint density at radius 2 is 2.21 bits per heavy atom. The quantitative estimate of drug-likeness (QED) is 0.255. The fourth-order valence-electron chi connectivity index (χ4n) is 1.42. The first-order valence-corrected chi connectivity index (χ1v) is 5.61. The van der Waals surface area contributed by atoms with Gasteiger partial charge < -0.3 is 4.74 Å². The molecule has 1 aromatic carbocycles. The summed E-state index contributed by atoms with van der Waals surface area (Å²) in [4.78, 5) is 20.8. The molecule has 7 nitrogen and oxygen atoms in total. The van der Waals surface area contributed by atoms with Gasteiger partial charge in [0.2, 0.25) is 11.7 Å². The number of ether oxygens (including phenoxy) is 1. The molecule has 0 saturated carbocycles. The van der Waals surface area contributed by atoms with Gasteiger partial charge in [0.15, 0.2) is 5.82 Å². The largest absolute Gasteiger partial charge is 0.485 e. The summed E-state index contributed by atoms with van der Waals surface area (Å²) in [5.41, 5.74) is 1.56. The Morgan fingerprint density at radius 1 is 1.47 bits per heavy atom. The number of nitro benzene ring substituents is 1. The summed E-state index contributed by atoms with van der Waals surface area (Å²) in [7, 11) is 0. The Balaban J connectivity index is 2.49.